The van der Waals surface area contributed by atoms with Gasteiger partial charge in [0.15, 0.2) is 0 Å². The Kier molecular flexibility index (Phi) is 2.92. The van der Waals surface area contributed by atoms with Gasteiger partial charge >= 0.3 is 0 Å². The van der Waals surface area contributed by atoms with Gasteiger partial charge in [-0.15, -0.1) is 0 Å². The molecule has 1 aromatic rings. The fraction of sp³-hybridized carbons (Fsp3) is 0.769. The van der Waals surface area contributed by atoms with Crippen LogP contribution < -0.4 is 0 Å². The highest BCUT2D eigenvalue weighted by Crippen LogP contribution is 2.25. The SMILES string of the molecule is Cc1cnc(CN2CC3CCCN3CC2C)o1. The Hall–Kier alpha value is -0.870. The van der Waals surface area contributed by atoms with Crippen molar-refractivity contribution >= 4 is 0 Å². The second-order valence-electron chi connectivity index (χ2n) is 5.43. The molecule has 0 aliphatic carbocycles. The molecule has 4 heteroatoms. The molecule has 94 valence electrons. The van der Waals surface area contributed by atoms with Crippen molar-refractivity contribution in [3.05, 3.63) is 17.8 Å². The minimum absolute atomic E-state index is 0.608. The van der Waals surface area contributed by atoms with Crippen LogP contribution >= 0.6 is 0 Å². The summed E-state index contributed by atoms with van der Waals surface area (Å²) in [5.41, 5.74) is 0. The summed E-state index contributed by atoms with van der Waals surface area (Å²) in [5.74, 6) is 1.77. The highest BCUT2D eigenvalue weighted by molar-refractivity contribution is 4.95. The van der Waals surface area contributed by atoms with Crippen molar-refractivity contribution in [1.29, 1.82) is 0 Å². The van der Waals surface area contributed by atoms with Gasteiger partial charge in [0, 0.05) is 25.2 Å². The summed E-state index contributed by atoms with van der Waals surface area (Å²) in [4.78, 5) is 9.46. The van der Waals surface area contributed by atoms with Crippen molar-refractivity contribution in [1.82, 2.24) is 14.8 Å². The number of rotatable bonds is 2. The lowest BCUT2D eigenvalue weighted by Gasteiger charge is -2.41. The molecule has 0 bridgehead atoms. The Balaban J connectivity index is 1.66. The zero-order chi connectivity index (χ0) is 11.8. The highest BCUT2D eigenvalue weighted by Gasteiger charge is 2.34. The standard InChI is InChI=1S/C13H21N3O/c1-10-7-15-5-3-4-12(15)8-16(10)9-13-14-6-11(2)17-13/h6,10,12H,3-5,7-9H2,1-2H3. The number of hydrogen-bond acceptors (Lipinski definition) is 4. The topological polar surface area (TPSA) is 32.5 Å². The quantitative estimate of drug-likeness (QED) is 0.780. The molecular formula is C13H21N3O. The van der Waals surface area contributed by atoms with E-state index in [1.165, 1.54) is 32.5 Å². The molecule has 2 atom stereocenters. The van der Waals surface area contributed by atoms with E-state index in [1.54, 1.807) is 0 Å². The third-order valence-corrected chi connectivity index (χ3v) is 4.07. The molecule has 2 fully saturated rings. The Morgan fingerprint density at radius 3 is 3.12 bits per heavy atom. The van der Waals surface area contributed by atoms with E-state index in [0.717, 1.165) is 24.2 Å². The molecular weight excluding hydrogens is 214 g/mol. The van der Waals surface area contributed by atoms with Gasteiger partial charge in [-0.1, -0.05) is 0 Å². The summed E-state index contributed by atoms with van der Waals surface area (Å²) in [7, 11) is 0. The molecule has 0 N–H and O–H groups in total. The van der Waals surface area contributed by atoms with Crippen molar-refractivity contribution in [2.24, 2.45) is 0 Å². The molecule has 2 unspecified atom stereocenters. The average molecular weight is 235 g/mol. The minimum atomic E-state index is 0.608. The number of nitrogens with zero attached hydrogens (tertiary/aromatic N) is 3. The van der Waals surface area contributed by atoms with Crippen molar-refractivity contribution in [2.45, 2.75) is 45.3 Å². The molecule has 1 aromatic heterocycles. The maximum Gasteiger partial charge on any atom is 0.208 e. The maximum atomic E-state index is 5.58. The van der Waals surface area contributed by atoms with Gasteiger partial charge in [0.2, 0.25) is 5.89 Å². The highest BCUT2D eigenvalue weighted by atomic mass is 16.4. The summed E-state index contributed by atoms with van der Waals surface area (Å²) in [6, 6.07) is 1.37. The van der Waals surface area contributed by atoms with Crippen LogP contribution in [-0.2, 0) is 6.54 Å². The van der Waals surface area contributed by atoms with Gasteiger partial charge in [-0.05, 0) is 33.2 Å². The molecule has 2 saturated heterocycles. The van der Waals surface area contributed by atoms with E-state index in [-0.39, 0.29) is 0 Å². The van der Waals surface area contributed by atoms with Gasteiger partial charge in [0.25, 0.3) is 0 Å². The second-order valence-corrected chi connectivity index (χ2v) is 5.43. The molecule has 2 aliphatic heterocycles. The average Bonchev–Trinajstić information content (AvgIpc) is 2.88. The third-order valence-electron chi connectivity index (χ3n) is 4.07. The lowest BCUT2D eigenvalue weighted by molar-refractivity contribution is 0.0480. The van der Waals surface area contributed by atoms with E-state index in [1.807, 2.05) is 13.1 Å². The maximum absolute atomic E-state index is 5.58. The summed E-state index contributed by atoms with van der Waals surface area (Å²) in [6.07, 6.45) is 4.53. The predicted molar refractivity (Wildman–Crippen MR) is 65.7 cm³/mol. The normalized spacial score (nSPS) is 30.7. The molecule has 3 heterocycles. The first kappa shape index (κ1) is 11.2. The predicted octanol–water partition coefficient (Wildman–Crippen LogP) is 1.65. The Morgan fingerprint density at radius 1 is 1.47 bits per heavy atom. The summed E-state index contributed by atoms with van der Waals surface area (Å²) >= 11 is 0. The van der Waals surface area contributed by atoms with Crippen LogP contribution in [0.5, 0.6) is 0 Å². The van der Waals surface area contributed by atoms with Crippen LogP contribution in [0.3, 0.4) is 0 Å². The third kappa shape index (κ3) is 2.24. The van der Waals surface area contributed by atoms with Crippen LogP contribution in [-0.4, -0.2) is 46.5 Å². The van der Waals surface area contributed by atoms with Crippen LogP contribution in [0.4, 0.5) is 0 Å². The first-order chi connectivity index (χ1) is 8.22. The smallest absolute Gasteiger partial charge is 0.208 e. The molecule has 3 rings (SSSR count). The first-order valence-corrected chi connectivity index (χ1v) is 6.62. The van der Waals surface area contributed by atoms with Gasteiger partial charge in [-0.25, -0.2) is 4.98 Å². The number of aromatic nitrogens is 1. The molecule has 0 saturated carbocycles. The van der Waals surface area contributed by atoms with Crippen LogP contribution in [0.15, 0.2) is 10.6 Å². The molecule has 0 amide bonds. The lowest BCUT2D eigenvalue weighted by atomic mass is 10.1. The van der Waals surface area contributed by atoms with Crippen LogP contribution in [0.2, 0.25) is 0 Å². The summed E-state index contributed by atoms with van der Waals surface area (Å²) in [6.45, 7) is 8.78. The molecule has 0 aromatic carbocycles. The summed E-state index contributed by atoms with van der Waals surface area (Å²) in [5, 5.41) is 0. The largest absolute Gasteiger partial charge is 0.445 e. The van der Waals surface area contributed by atoms with Crippen LogP contribution in [0.25, 0.3) is 0 Å². The summed E-state index contributed by atoms with van der Waals surface area (Å²) < 4.78 is 5.58. The first-order valence-electron chi connectivity index (χ1n) is 6.62. The molecule has 17 heavy (non-hydrogen) atoms. The van der Waals surface area contributed by atoms with Gasteiger partial charge in [0.1, 0.15) is 5.76 Å². The zero-order valence-electron chi connectivity index (χ0n) is 10.7. The Labute approximate surface area is 103 Å². The van der Waals surface area contributed by atoms with Gasteiger partial charge in [-0.3, -0.25) is 9.80 Å². The second kappa shape index (κ2) is 4.42. The minimum Gasteiger partial charge on any atom is -0.445 e. The van der Waals surface area contributed by atoms with E-state index in [9.17, 15) is 0 Å². The number of fused-ring (bicyclic) bond motifs is 1. The molecule has 0 spiro atoms. The number of oxazole rings is 1. The molecule has 2 aliphatic rings. The zero-order valence-corrected chi connectivity index (χ0v) is 10.7. The van der Waals surface area contributed by atoms with Gasteiger partial charge in [-0.2, -0.15) is 0 Å². The van der Waals surface area contributed by atoms with Gasteiger partial charge in [0.05, 0.1) is 12.7 Å². The Morgan fingerprint density at radius 2 is 2.35 bits per heavy atom. The number of aryl methyl sites for hydroxylation is 1. The van der Waals surface area contributed by atoms with Crippen molar-refractivity contribution in [2.75, 3.05) is 19.6 Å². The monoisotopic (exact) mass is 235 g/mol. The Bertz CT molecular complexity index is 390. The fourth-order valence-electron chi connectivity index (χ4n) is 3.12. The number of piperazine rings is 1. The van der Waals surface area contributed by atoms with Gasteiger partial charge < -0.3 is 4.42 Å². The van der Waals surface area contributed by atoms with Crippen molar-refractivity contribution in [3.8, 4) is 0 Å². The van der Waals surface area contributed by atoms with Crippen LogP contribution in [0, 0.1) is 6.92 Å². The van der Waals surface area contributed by atoms with E-state index < -0.39 is 0 Å². The van der Waals surface area contributed by atoms with E-state index in [0.29, 0.717) is 6.04 Å². The molecule has 4 nitrogen and oxygen atoms in total. The van der Waals surface area contributed by atoms with E-state index >= 15 is 0 Å². The van der Waals surface area contributed by atoms with Crippen LogP contribution in [0.1, 0.15) is 31.4 Å². The fourth-order valence-corrected chi connectivity index (χ4v) is 3.12. The lowest BCUT2D eigenvalue weighted by Crippen LogP contribution is -2.54. The van der Waals surface area contributed by atoms with Crippen molar-refractivity contribution < 1.29 is 4.42 Å². The van der Waals surface area contributed by atoms with Crippen molar-refractivity contribution in [3.63, 3.8) is 0 Å². The number of hydrogen-bond donors (Lipinski definition) is 0. The molecule has 0 radical (unpaired) electrons. The van der Waals surface area contributed by atoms with E-state index in [4.69, 9.17) is 4.42 Å². The van der Waals surface area contributed by atoms with E-state index in [2.05, 4.69) is 21.7 Å².